The van der Waals surface area contributed by atoms with Crippen LogP contribution in [0.4, 0.5) is 5.69 Å². The molecular weight excluding hydrogens is 424 g/mol. The first-order chi connectivity index (χ1) is 15.9. The smallest absolute Gasteiger partial charge is 0.311 e. The summed E-state index contributed by atoms with van der Waals surface area (Å²) in [7, 11) is 4.66. The third kappa shape index (κ3) is 3.93. The zero-order chi connectivity index (χ0) is 23.8. The quantitative estimate of drug-likeness (QED) is 0.580. The lowest BCUT2D eigenvalue weighted by molar-refractivity contribution is -0.155. The Morgan fingerprint density at radius 2 is 2.06 bits per heavy atom. The van der Waals surface area contributed by atoms with Gasteiger partial charge in [0.05, 0.1) is 49.7 Å². The van der Waals surface area contributed by atoms with Crippen LogP contribution in [-0.2, 0) is 29.4 Å². The number of benzene rings is 1. The molecule has 0 aromatic heterocycles. The molecule has 5 atom stereocenters. The number of carbonyl (C=O) groups excluding carboxylic acids is 2. The maximum absolute atomic E-state index is 12.7. The topological polar surface area (TPSA) is 86.7 Å². The Labute approximate surface area is 195 Å². The molecule has 1 unspecified atom stereocenters. The Kier molecular flexibility index (Phi) is 6.77. The van der Waals surface area contributed by atoms with Gasteiger partial charge in [0, 0.05) is 33.5 Å². The van der Waals surface area contributed by atoms with Crippen molar-refractivity contribution in [1.29, 1.82) is 0 Å². The van der Waals surface area contributed by atoms with Gasteiger partial charge in [0.25, 0.3) is 0 Å². The summed E-state index contributed by atoms with van der Waals surface area (Å²) in [4.78, 5) is 32.4. The van der Waals surface area contributed by atoms with Gasteiger partial charge in [0.15, 0.2) is 5.60 Å². The van der Waals surface area contributed by atoms with E-state index in [1.807, 2.05) is 18.2 Å². The molecule has 3 aliphatic rings. The molecule has 8 heteroatoms. The summed E-state index contributed by atoms with van der Waals surface area (Å²) in [5, 5.41) is 0. The van der Waals surface area contributed by atoms with Crippen LogP contribution in [0.1, 0.15) is 38.7 Å². The van der Waals surface area contributed by atoms with E-state index in [0.717, 1.165) is 42.9 Å². The van der Waals surface area contributed by atoms with E-state index in [-0.39, 0.29) is 29.8 Å². The Bertz CT molecular complexity index is 947. The lowest BCUT2D eigenvalue weighted by Crippen LogP contribution is -2.62. The van der Waals surface area contributed by atoms with Crippen molar-refractivity contribution >= 4 is 23.3 Å². The average Bonchev–Trinajstić information content (AvgIpc) is 3.15. The summed E-state index contributed by atoms with van der Waals surface area (Å²) in [6, 6.07) is 5.68. The van der Waals surface area contributed by atoms with Gasteiger partial charge in [-0.15, -0.1) is 0 Å². The normalized spacial score (nSPS) is 29.2. The predicted molar refractivity (Wildman–Crippen MR) is 123 cm³/mol. The number of piperidine rings is 2. The first-order valence-electron chi connectivity index (χ1n) is 11.7. The van der Waals surface area contributed by atoms with Gasteiger partial charge in [0.1, 0.15) is 5.75 Å². The number of hydrogen-bond donors (Lipinski definition) is 0. The lowest BCUT2D eigenvalue weighted by atomic mass is 9.68. The number of ether oxygens (including phenoxy) is 4. The number of nitrogens with zero attached hydrogens (tertiary/aromatic N) is 2. The second-order valence-corrected chi connectivity index (χ2v) is 9.19. The zero-order valence-electron chi connectivity index (χ0n) is 20.1. The summed E-state index contributed by atoms with van der Waals surface area (Å²) < 4.78 is 22.3. The molecule has 0 radical (unpaired) electrons. The second kappa shape index (κ2) is 9.43. The van der Waals surface area contributed by atoms with Crippen LogP contribution < -0.4 is 4.74 Å². The Hall–Kier alpha value is -2.45. The monoisotopic (exact) mass is 458 g/mol. The maximum atomic E-state index is 12.7. The third-order valence-electron chi connectivity index (χ3n) is 7.57. The largest absolute Gasteiger partial charge is 0.496 e. The van der Waals surface area contributed by atoms with E-state index in [1.165, 1.54) is 14.0 Å². The fraction of sp³-hybridized carbons (Fsp3) is 0.640. The lowest BCUT2D eigenvalue weighted by Gasteiger charge is -2.52. The standard InChI is InChI=1S/C25H34N2O6/c1-6-16-13-27-11-10-25(33-15(2)28)22-19(8-7-9-21(22)31-4)26-23(25)20(27)12-17(16)18(14-30-3)24(29)32-5/h7-9,16-18,20H,6,10-14H2,1-5H3/t16-,17+,18?,20+,25+/m1/s1. The predicted octanol–water partition coefficient (Wildman–Crippen LogP) is 3.10. The fourth-order valence-corrected chi connectivity index (χ4v) is 6.15. The number of hydrogen-bond acceptors (Lipinski definition) is 8. The van der Waals surface area contributed by atoms with Crippen molar-refractivity contribution in [1.82, 2.24) is 4.90 Å². The van der Waals surface area contributed by atoms with Crippen LogP contribution in [0.2, 0.25) is 0 Å². The van der Waals surface area contributed by atoms with Crippen molar-refractivity contribution in [2.24, 2.45) is 22.7 Å². The molecule has 3 heterocycles. The van der Waals surface area contributed by atoms with Crippen molar-refractivity contribution in [3.8, 4) is 5.75 Å². The van der Waals surface area contributed by atoms with Gasteiger partial charge in [0.2, 0.25) is 0 Å². The van der Waals surface area contributed by atoms with Crippen molar-refractivity contribution < 1.29 is 28.5 Å². The number of carbonyl (C=O) groups is 2. The van der Waals surface area contributed by atoms with Gasteiger partial charge in [-0.1, -0.05) is 19.4 Å². The highest BCUT2D eigenvalue weighted by atomic mass is 16.6. The van der Waals surface area contributed by atoms with Crippen molar-refractivity contribution in [3.05, 3.63) is 23.8 Å². The Balaban J connectivity index is 1.76. The summed E-state index contributed by atoms with van der Waals surface area (Å²) >= 11 is 0. The molecule has 0 N–H and O–H groups in total. The van der Waals surface area contributed by atoms with Gasteiger partial charge < -0.3 is 18.9 Å². The molecule has 8 nitrogen and oxygen atoms in total. The van der Waals surface area contributed by atoms with Gasteiger partial charge in [-0.3, -0.25) is 19.5 Å². The summed E-state index contributed by atoms with van der Waals surface area (Å²) in [5.74, 6) is 0.142. The molecule has 180 valence electrons. The van der Waals surface area contributed by atoms with Crippen LogP contribution in [0.25, 0.3) is 0 Å². The van der Waals surface area contributed by atoms with E-state index in [0.29, 0.717) is 24.7 Å². The second-order valence-electron chi connectivity index (χ2n) is 9.19. The fourth-order valence-electron chi connectivity index (χ4n) is 6.15. The van der Waals surface area contributed by atoms with Crippen molar-refractivity contribution in [2.75, 3.05) is 41.0 Å². The van der Waals surface area contributed by atoms with E-state index >= 15 is 0 Å². The number of methoxy groups -OCH3 is 3. The van der Waals surface area contributed by atoms with E-state index in [2.05, 4.69) is 11.8 Å². The number of aliphatic imine (C=N–C) groups is 1. The molecule has 1 aromatic carbocycles. The Morgan fingerprint density at radius 3 is 2.70 bits per heavy atom. The molecule has 0 saturated carbocycles. The molecule has 4 rings (SSSR count). The van der Waals surface area contributed by atoms with Crippen LogP contribution in [0, 0.1) is 17.8 Å². The van der Waals surface area contributed by atoms with Gasteiger partial charge in [-0.05, 0) is 30.4 Å². The third-order valence-corrected chi connectivity index (χ3v) is 7.57. The number of rotatable bonds is 7. The van der Waals surface area contributed by atoms with Crippen LogP contribution >= 0.6 is 0 Å². The highest BCUT2D eigenvalue weighted by molar-refractivity contribution is 6.06. The highest BCUT2D eigenvalue weighted by Crippen LogP contribution is 2.53. The summed E-state index contributed by atoms with van der Waals surface area (Å²) in [6.07, 6.45) is 2.30. The SMILES string of the molecule is CC[C@@H]1CN2CC[C@@]3(OC(C)=O)C(=Nc4cccc(OC)c43)[C@@H]2C[C@@H]1C(COC)C(=O)OC. The summed E-state index contributed by atoms with van der Waals surface area (Å²) in [5.41, 5.74) is 1.50. The molecule has 2 fully saturated rings. The zero-order valence-corrected chi connectivity index (χ0v) is 20.1. The summed E-state index contributed by atoms with van der Waals surface area (Å²) in [6.45, 7) is 5.54. The minimum Gasteiger partial charge on any atom is -0.496 e. The molecule has 33 heavy (non-hydrogen) atoms. The van der Waals surface area contributed by atoms with Crippen molar-refractivity contribution in [2.45, 2.75) is 44.8 Å². The van der Waals surface area contributed by atoms with Gasteiger partial charge in [-0.2, -0.15) is 0 Å². The molecule has 0 spiro atoms. The van der Waals surface area contributed by atoms with Crippen LogP contribution in [0.5, 0.6) is 5.75 Å². The Morgan fingerprint density at radius 1 is 1.27 bits per heavy atom. The first kappa shape index (κ1) is 23.7. The molecule has 0 amide bonds. The number of fused-ring (bicyclic) bond motifs is 5. The van der Waals surface area contributed by atoms with Crippen molar-refractivity contribution in [3.63, 3.8) is 0 Å². The minimum atomic E-state index is -0.944. The van der Waals surface area contributed by atoms with E-state index < -0.39 is 5.60 Å². The maximum Gasteiger partial charge on any atom is 0.311 e. The van der Waals surface area contributed by atoms with E-state index in [4.69, 9.17) is 23.9 Å². The molecule has 1 aromatic rings. The van der Waals surface area contributed by atoms with Crippen LogP contribution in [0.15, 0.2) is 23.2 Å². The van der Waals surface area contributed by atoms with Gasteiger partial charge >= 0.3 is 11.9 Å². The highest BCUT2D eigenvalue weighted by Gasteiger charge is 2.57. The number of esters is 2. The first-order valence-corrected chi connectivity index (χ1v) is 11.7. The minimum absolute atomic E-state index is 0.0491. The van der Waals surface area contributed by atoms with E-state index in [1.54, 1.807) is 14.2 Å². The van der Waals surface area contributed by atoms with E-state index in [9.17, 15) is 9.59 Å². The molecule has 3 aliphatic heterocycles. The molecule has 2 saturated heterocycles. The molecular formula is C25H34N2O6. The van der Waals surface area contributed by atoms with Gasteiger partial charge in [-0.25, -0.2) is 0 Å². The van der Waals surface area contributed by atoms with Crippen LogP contribution in [0.3, 0.4) is 0 Å². The van der Waals surface area contributed by atoms with Crippen LogP contribution in [-0.4, -0.2) is 69.6 Å². The molecule has 0 bridgehead atoms. The molecule has 0 aliphatic carbocycles. The average molecular weight is 459 g/mol.